The molecule has 0 aromatic heterocycles. The van der Waals surface area contributed by atoms with Gasteiger partial charge in [0.2, 0.25) is 0 Å². The number of carbonyl (C=O) groups excluding carboxylic acids is 1. The van der Waals surface area contributed by atoms with Gasteiger partial charge in [-0.1, -0.05) is 84.8 Å². The monoisotopic (exact) mass is 357 g/mol. The predicted octanol–water partition coefficient (Wildman–Crippen LogP) is 6.10. The molecule has 1 unspecified atom stereocenters. The Bertz CT molecular complexity index is 866. The molecular weight excluding hydrogens is 330 g/mol. The SMILES string of the molecule is CCC(c1ccc(C)cc1)N(Cc1ccccc1)C(=O)c1ccc(C)cc1. The Balaban J connectivity index is 1.98. The van der Waals surface area contributed by atoms with Gasteiger partial charge in [-0.15, -0.1) is 0 Å². The zero-order chi connectivity index (χ0) is 19.2. The Labute approximate surface area is 162 Å². The summed E-state index contributed by atoms with van der Waals surface area (Å²) in [5, 5.41) is 0. The number of hydrogen-bond acceptors (Lipinski definition) is 1. The number of benzene rings is 3. The van der Waals surface area contributed by atoms with Crippen molar-refractivity contribution in [2.45, 2.75) is 39.8 Å². The average molecular weight is 357 g/mol. The Morgan fingerprint density at radius 3 is 1.93 bits per heavy atom. The van der Waals surface area contributed by atoms with Gasteiger partial charge in [0, 0.05) is 12.1 Å². The van der Waals surface area contributed by atoms with Crippen LogP contribution in [0.2, 0.25) is 0 Å². The molecule has 3 aromatic carbocycles. The minimum absolute atomic E-state index is 0.0413. The number of aryl methyl sites for hydroxylation is 2. The Morgan fingerprint density at radius 1 is 0.815 bits per heavy atom. The van der Waals surface area contributed by atoms with E-state index in [9.17, 15) is 4.79 Å². The van der Waals surface area contributed by atoms with Crippen molar-refractivity contribution >= 4 is 5.91 Å². The van der Waals surface area contributed by atoms with Crippen molar-refractivity contribution in [3.63, 3.8) is 0 Å². The van der Waals surface area contributed by atoms with Gasteiger partial charge in [-0.05, 0) is 43.5 Å². The molecule has 0 N–H and O–H groups in total. The van der Waals surface area contributed by atoms with Crippen molar-refractivity contribution < 1.29 is 4.79 Å². The van der Waals surface area contributed by atoms with Gasteiger partial charge in [0.05, 0.1) is 6.04 Å². The minimum Gasteiger partial charge on any atom is -0.327 e. The van der Waals surface area contributed by atoms with Crippen LogP contribution in [0.15, 0.2) is 78.9 Å². The quantitative estimate of drug-likeness (QED) is 0.522. The van der Waals surface area contributed by atoms with E-state index in [0.717, 1.165) is 23.1 Å². The van der Waals surface area contributed by atoms with Crippen LogP contribution in [0.5, 0.6) is 0 Å². The second kappa shape index (κ2) is 8.68. The summed E-state index contributed by atoms with van der Waals surface area (Å²) in [4.78, 5) is 15.4. The first kappa shape index (κ1) is 18.9. The topological polar surface area (TPSA) is 20.3 Å². The molecule has 27 heavy (non-hydrogen) atoms. The van der Waals surface area contributed by atoms with Crippen LogP contribution in [0, 0.1) is 13.8 Å². The zero-order valence-corrected chi connectivity index (χ0v) is 16.4. The lowest BCUT2D eigenvalue weighted by Crippen LogP contribution is -2.34. The van der Waals surface area contributed by atoms with E-state index < -0.39 is 0 Å². The van der Waals surface area contributed by atoms with Crippen molar-refractivity contribution in [2.24, 2.45) is 0 Å². The summed E-state index contributed by atoms with van der Waals surface area (Å²) >= 11 is 0. The van der Waals surface area contributed by atoms with E-state index >= 15 is 0 Å². The van der Waals surface area contributed by atoms with Gasteiger partial charge < -0.3 is 4.90 Å². The van der Waals surface area contributed by atoms with Gasteiger partial charge in [-0.3, -0.25) is 4.79 Å². The van der Waals surface area contributed by atoms with Crippen molar-refractivity contribution in [3.8, 4) is 0 Å². The van der Waals surface area contributed by atoms with E-state index in [4.69, 9.17) is 0 Å². The van der Waals surface area contributed by atoms with Crippen molar-refractivity contribution in [2.75, 3.05) is 0 Å². The van der Waals surface area contributed by atoms with Gasteiger partial charge in [-0.2, -0.15) is 0 Å². The molecule has 0 bridgehead atoms. The van der Waals surface area contributed by atoms with Crippen molar-refractivity contribution in [1.82, 2.24) is 4.90 Å². The van der Waals surface area contributed by atoms with Gasteiger partial charge in [-0.25, -0.2) is 0 Å². The molecule has 0 heterocycles. The van der Waals surface area contributed by atoms with Crippen LogP contribution in [0.1, 0.15) is 52.0 Å². The molecule has 3 aromatic rings. The molecule has 3 rings (SSSR count). The fourth-order valence-electron chi connectivity index (χ4n) is 3.39. The third-order valence-electron chi connectivity index (χ3n) is 4.98. The normalized spacial score (nSPS) is 11.8. The summed E-state index contributed by atoms with van der Waals surface area (Å²) in [7, 11) is 0. The number of amides is 1. The minimum atomic E-state index is 0.0413. The largest absolute Gasteiger partial charge is 0.327 e. The van der Waals surface area contributed by atoms with Gasteiger partial charge in [0.15, 0.2) is 0 Å². The van der Waals surface area contributed by atoms with E-state index in [2.05, 4.69) is 50.2 Å². The smallest absolute Gasteiger partial charge is 0.254 e. The van der Waals surface area contributed by atoms with E-state index in [1.54, 1.807) is 0 Å². The van der Waals surface area contributed by atoms with E-state index in [1.807, 2.05) is 54.3 Å². The molecule has 138 valence electrons. The summed E-state index contributed by atoms with van der Waals surface area (Å²) in [5.41, 5.74) is 5.45. The first-order chi connectivity index (χ1) is 13.1. The lowest BCUT2D eigenvalue weighted by atomic mass is 9.99. The van der Waals surface area contributed by atoms with Crippen LogP contribution < -0.4 is 0 Å². The highest BCUT2D eigenvalue weighted by Gasteiger charge is 2.25. The summed E-state index contributed by atoms with van der Waals surface area (Å²) in [5.74, 6) is 0.0753. The molecule has 0 radical (unpaired) electrons. The van der Waals surface area contributed by atoms with Crippen LogP contribution in [-0.2, 0) is 6.54 Å². The summed E-state index contributed by atoms with van der Waals surface area (Å²) in [6.45, 7) is 6.87. The average Bonchev–Trinajstić information content (AvgIpc) is 2.70. The third kappa shape index (κ3) is 4.65. The Morgan fingerprint density at radius 2 is 1.37 bits per heavy atom. The molecule has 2 nitrogen and oxygen atoms in total. The lowest BCUT2D eigenvalue weighted by molar-refractivity contribution is 0.0652. The third-order valence-corrected chi connectivity index (χ3v) is 4.98. The second-order valence-electron chi connectivity index (χ2n) is 7.12. The highest BCUT2D eigenvalue weighted by molar-refractivity contribution is 5.94. The molecule has 0 fully saturated rings. The first-order valence-electron chi connectivity index (χ1n) is 9.56. The standard InChI is InChI=1S/C25H27NO/c1-4-24(22-14-10-19(2)11-15-22)26(18-21-8-6-5-7-9-21)25(27)23-16-12-20(3)13-17-23/h5-17,24H,4,18H2,1-3H3. The van der Waals surface area contributed by atoms with Gasteiger partial charge in [0.1, 0.15) is 0 Å². The van der Waals surface area contributed by atoms with Crippen LogP contribution in [0.4, 0.5) is 0 Å². The molecule has 1 atom stereocenters. The van der Waals surface area contributed by atoms with Crippen molar-refractivity contribution in [3.05, 3.63) is 107 Å². The number of rotatable bonds is 6. The molecule has 2 heteroatoms. The summed E-state index contributed by atoms with van der Waals surface area (Å²) < 4.78 is 0. The van der Waals surface area contributed by atoms with Crippen molar-refractivity contribution in [1.29, 1.82) is 0 Å². The molecule has 0 spiro atoms. The first-order valence-corrected chi connectivity index (χ1v) is 9.56. The maximum Gasteiger partial charge on any atom is 0.254 e. The van der Waals surface area contributed by atoms with E-state index in [-0.39, 0.29) is 11.9 Å². The second-order valence-corrected chi connectivity index (χ2v) is 7.12. The van der Waals surface area contributed by atoms with Crippen LogP contribution in [-0.4, -0.2) is 10.8 Å². The Hall–Kier alpha value is -2.87. The molecule has 0 aliphatic heterocycles. The predicted molar refractivity (Wildman–Crippen MR) is 112 cm³/mol. The molecule has 1 amide bonds. The maximum atomic E-state index is 13.4. The summed E-state index contributed by atoms with van der Waals surface area (Å²) in [6.07, 6.45) is 0.869. The summed E-state index contributed by atoms with van der Waals surface area (Å²) in [6, 6.07) is 26.6. The highest BCUT2D eigenvalue weighted by Crippen LogP contribution is 2.28. The van der Waals surface area contributed by atoms with E-state index in [0.29, 0.717) is 6.54 Å². The van der Waals surface area contributed by atoms with Gasteiger partial charge in [0.25, 0.3) is 5.91 Å². The van der Waals surface area contributed by atoms with Crippen LogP contribution in [0.3, 0.4) is 0 Å². The maximum absolute atomic E-state index is 13.4. The fourth-order valence-corrected chi connectivity index (χ4v) is 3.39. The number of carbonyl (C=O) groups is 1. The molecule has 0 saturated carbocycles. The molecular formula is C25H27NO. The molecule has 0 aliphatic carbocycles. The van der Waals surface area contributed by atoms with Gasteiger partial charge >= 0.3 is 0 Å². The fraction of sp³-hybridized carbons (Fsp3) is 0.240. The van der Waals surface area contributed by atoms with Crippen LogP contribution in [0.25, 0.3) is 0 Å². The zero-order valence-electron chi connectivity index (χ0n) is 16.4. The van der Waals surface area contributed by atoms with E-state index in [1.165, 1.54) is 11.1 Å². The number of nitrogens with zero attached hydrogens (tertiary/aromatic N) is 1. The Kier molecular flexibility index (Phi) is 6.08. The van der Waals surface area contributed by atoms with Crippen LogP contribution >= 0.6 is 0 Å². The lowest BCUT2D eigenvalue weighted by Gasteiger charge is -2.32. The highest BCUT2D eigenvalue weighted by atomic mass is 16.2. The molecule has 0 saturated heterocycles. The number of hydrogen-bond donors (Lipinski definition) is 0. The molecule has 0 aliphatic rings.